The van der Waals surface area contributed by atoms with E-state index in [0.29, 0.717) is 17.9 Å². The number of halogens is 2. The van der Waals surface area contributed by atoms with E-state index in [-0.39, 0.29) is 11.1 Å². The van der Waals surface area contributed by atoms with E-state index in [0.717, 1.165) is 51.3 Å². The number of nitrogens with zero attached hydrogens (tertiary/aromatic N) is 3. The lowest BCUT2D eigenvalue weighted by Crippen LogP contribution is -2.44. The lowest BCUT2D eigenvalue weighted by molar-refractivity contribution is 0.130. The highest BCUT2D eigenvalue weighted by atomic mass is 19.2. The van der Waals surface area contributed by atoms with E-state index >= 15 is 0 Å². The molecule has 0 aliphatic carbocycles. The summed E-state index contributed by atoms with van der Waals surface area (Å²) in [4.78, 5) is 29.2. The van der Waals surface area contributed by atoms with Gasteiger partial charge in [0.2, 0.25) is 0 Å². The van der Waals surface area contributed by atoms with Gasteiger partial charge in [0.05, 0.1) is 18.2 Å². The Morgan fingerprint density at radius 3 is 2.65 bits per heavy atom. The molecule has 1 aromatic heterocycles. The van der Waals surface area contributed by atoms with Crippen LogP contribution >= 0.6 is 0 Å². The number of likely N-dealkylation sites (N-methyl/N-ethyl adjacent to an activating group) is 1. The number of nitrogens with one attached hydrogen (secondary N) is 1. The Bertz CT molecular complexity index is 1220. The topological polar surface area (TPSA) is 80.0 Å². The first kappa shape index (κ1) is 23.9. The molecule has 1 saturated heterocycles. The number of fused-ring (bicyclic) bond motifs is 1. The van der Waals surface area contributed by atoms with Gasteiger partial charge in [0.1, 0.15) is 0 Å². The number of benzene rings is 2. The fraction of sp³-hybridized carbons (Fsp3) is 0.417. The SMILES string of the molecule is CC(c1cccc(NC(=O)OCCCN2CCN(C)CC2)c1)n1c(=O)oc2cc(F)c(F)cc21. The highest BCUT2D eigenvalue weighted by Gasteiger charge is 2.20. The van der Waals surface area contributed by atoms with Crippen molar-refractivity contribution in [1.82, 2.24) is 14.4 Å². The summed E-state index contributed by atoms with van der Waals surface area (Å²) >= 11 is 0. The number of carbonyl (C=O) groups excluding carboxylic acids is 1. The Hall–Kier alpha value is -3.24. The normalized spacial score (nSPS) is 16.0. The maximum absolute atomic E-state index is 13.8. The molecule has 34 heavy (non-hydrogen) atoms. The van der Waals surface area contributed by atoms with E-state index < -0.39 is 29.5 Å². The number of hydrogen-bond acceptors (Lipinski definition) is 6. The van der Waals surface area contributed by atoms with E-state index in [1.165, 1.54) is 4.57 Å². The number of piperazine rings is 1. The summed E-state index contributed by atoms with van der Waals surface area (Å²) < 4.78 is 38.9. The van der Waals surface area contributed by atoms with Crippen molar-refractivity contribution in [3.63, 3.8) is 0 Å². The molecule has 1 aliphatic rings. The zero-order valence-electron chi connectivity index (χ0n) is 19.2. The molecule has 1 unspecified atom stereocenters. The summed E-state index contributed by atoms with van der Waals surface area (Å²) in [6, 6.07) is 8.12. The zero-order chi connectivity index (χ0) is 24.2. The molecule has 0 bridgehead atoms. The van der Waals surface area contributed by atoms with Gasteiger partial charge in [0.25, 0.3) is 0 Å². The lowest BCUT2D eigenvalue weighted by Gasteiger charge is -2.32. The molecule has 3 aromatic rings. The quantitative estimate of drug-likeness (QED) is 0.527. The zero-order valence-corrected chi connectivity index (χ0v) is 19.2. The Kier molecular flexibility index (Phi) is 7.28. The van der Waals surface area contributed by atoms with Crippen LogP contribution in [-0.2, 0) is 4.74 Å². The molecule has 2 heterocycles. The van der Waals surface area contributed by atoms with Gasteiger partial charge in [-0.25, -0.2) is 18.4 Å². The van der Waals surface area contributed by atoms with Gasteiger partial charge in [-0.1, -0.05) is 12.1 Å². The van der Waals surface area contributed by atoms with Crippen LogP contribution in [0.5, 0.6) is 0 Å². The summed E-state index contributed by atoms with van der Waals surface area (Å²) in [5.41, 5.74) is 1.27. The lowest BCUT2D eigenvalue weighted by atomic mass is 10.1. The molecule has 1 fully saturated rings. The number of ether oxygens (including phenoxy) is 1. The summed E-state index contributed by atoms with van der Waals surface area (Å²) in [5.74, 6) is -2.89. The number of aromatic nitrogens is 1. The van der Waals surface area contributed by atoms with Crippen molar-refractivity contribution in [2.24, 2.45) is 0 Å². The van der Waals surface area contributed by atoms with Gasteiger partial charge in [-0.2, -0.15) is 0 Å². The first-order chi connectivity index (χ1) is 16.3. The molecule has 1 aliphatic heterocycles. The van der Waals surface area contributed by atoms with E-state index in [1.807, 2.05) is 0 Å². The predicted molar refractivity (Wildman–Crippen MR) is 124 cm³/mol. The Morgan fingerprint density at radius 1 is 1.15 bits per heavy atom. The van der Waals surface area contributed by atoms with E-state index in [1.54, 1.807) is 31.2 Å². The van der Waals surface area contributed by atoms with Gasteiger partial charge in [0, 0.05) is 50.5 Å². The van der Waals surface area contributed by atoms with Crippen LogP contribution in [0.2, 0.25) is 0 Å². The molecule has 1 N–H and O–H groups in total. The predicted octanol–water partition coefficient (Wildman–Crippen LogP) is 3.67. The third-order valence-electron chi connectivity index (χ3n) is 6.11. The number of anilines is 1. The van der Waals surface area contributed by atoms with Crippen molar-refractivity contribution in [2.75, 3.05) is 51.7 Å². The van der Waals surface area contributed by atoms with Crippen molar-refractivity contribution in [3.05, 3.63) is 64.1 Å². The van der Waals surface area contributed by atoms with E-state index in [2.05, 4.69) is 22.2 Å². The molecule has 1 amide bonds. The van der Waals surface area contributed by atoms with Crippen LogP contribution in [0.3, 0.4) is 0 Å². The third kappa shape index (κ3) is 5.45. The first-order valence-electron chi connectivity index (χ1n) is 11.3. The molecule has 182 valence electrons. The van der Waals surface area contributed by atoms with Gasteiger partial charge < -0.3 is 19.0 Å². The number of amides is 1. The van der Waals surface area contributed by atoms with Gasteiger partial charge in [0.15, 0.2) is 17.2 Å². The van der Waals surface area contributed by atoms with Crippen LogP contribution in [0, 0.1) is 11.6 Å². The van der Waals surface area contributed by atoms with Gasteiger partial charge >= 0.3 is 11.8 Å². The molecule has 0 saturated carbocycles. The van der Waals surface area contributed by atoms with Crippen LogP contribution in [0.25, 0.3) is 11.1 Å². The highest BCUT2D eigenvalue weighted by Crippen LogP contribution is 2.26. The van der Waals surface area contributed by atoms with Crippen LogP contribution in [0.4, 0.5) is 19.3 Å². The number of rotatable bonds is 7. The Morgan fingerprint density at radius 2 is 1.88 bits per heavy atom. The summed E-state index contributed by atoms with van der Waals surface area (Å²) in [6.45, 7) is 7.05. The molecule has 0 radical (unpaired) electrons. The smallest absolute Gasteiger partial charge is 0.420 e. The highest BCUT2D eigenvalue weighted by molar-refractivity contribution is 5.84. The van der Waals surface area contributed by atoms with E-state index in [4.69, 9.17) is 9.15 Å². The van der Waals surface area contributed by atoms with Crippen molar-refractivity contribution >= 4 is 22.9 Å². The number of carbonyl (C=O) groups is 1. The molecule has 1 atom stereocenters. The largest absolute Gasteiger partial charge is 0.449 e. The summed E-state index contributed by atoms with van der Waals surface area (Å²) in [7, 11) is 2.11. The summed E-state index contributed by atoms with van der Waals surface area (Å²) in [6.07, 6.45) is 0.189. The second kappa shape index (κ2) is 10.4. The molecule has 2 aromatic carbocycles. The third-order valence-corrected chi connectivity index (χ3v) is 6.11. The minimum atomic E-state index is -1.09. The van der Waals surface area contributed by atoms with Crippen LogP contribution in [0.15, 0.2) is 45.6 Å². The molecule has 10 heteroatoms. The molecular formula is C24H28F2N4O4. The van der Waals surface area contributed by atoms with Crippen molar-refractivity contribution in [2.45, 2.75) is 19.4 Å². The summed E-state index contributed by atoms with van der Waals surface area (Å²) in [5, 5.41) is 2.69. The maximum atomic E-state index is 13.8. The van der Waals surface area contributed by atoms with Crippen molar-refractivity contribution in [1.29, 1.82) is 0 Å². The fourth-order valence-corrected chi connectivity index (χ4v) is 4.10. The van der Waals surface area contributed by atoms with Crippen LogP contribution < -0.4 is 11.1 Å². The molecule has 0 spiro atoms. The standard InChI is InChI=1S/C24H28F2N4O4/c1-16(30-21-14-19(25)20(26)15-22(21)34-24(30)32)17-5-3-6-18(13-17)27-23(31)33-12-4-7-29-10-8-28(2)9-11-29/h3,5-6,13-16H,4,7-12H2,1-2H3,(H,27,31). The Labute approximate surface area is 195 Å². The number of oxazole rings is 1. The fourth-order valence-electron chi connectivity index (χ4n) is 4.10. The number of hydrogen-bond donors (Lipinski definition) is 1. The van der Waals surface area contributed by atoms with Crippen LogP contribution in [-0.4, -0.2) is 66.8 Å². The average molecular weight is 475 g/mol. The second-order valence-electron chi connectivity index (χ2n) is 8.53. The van der Waals surface area contributed by atoms with Gasteiger partial charge in [-0.05, 0) is 38.1 Å². The van der Waals surface area contributed by atoms with Crippen LogP contribution in [0.1, 0.15) is 24.9 Å². The minimum Gasteiger partial charge on any atom is -0.449 e. The van der Waals surface area contributed by atoms with Gasteiger partial charge in [-0.15, -0.1) is 0 Å². The minimum absolute atomic E-state index is 0.0369. The molecule has 8 nitrogen and oxygen atoms in total. The molecular weight excluding hydrogens is 446 g/mol. The van der Waals surface area contributed by atoms with Gasteiger partial charge in [-0.3, -0.25) is 9.88 Å². The molecule has 4 rings (SSSR count). The van der Waals surface area contributed by atoms with Crippen molar-refractivity contribution < 1.29 is 22.7 Å². The van der Waals surface area contributed by atoms with Crippen molar-refractivity contribution in [3.8, 4) is 0 Å². The monoisotopic (exact) mass is 474 g/mol. The average Bonchev–Trinajstić information content (AvgIpc) is 3.12. The maximum Gasteiger partial charge on any atom is 0.420 e. The van der Waals surface area contributed by atoms with E-state index in [9.17, 15) is 18.4 Å². The second-order valence-corrected chi connectivity index (χ2v) is 8.53. The Balaban J connectivity index is 1.36. The first-order valence-corrected chi connectivity index (χ1v) is 11.3.